The first-order valence-electron chi connectivity index (χ1n) is 7.08. The minimum Gasteiger partial charge on any atom is -0.497 e. The van der Waals surface area contributed by atoms with Crippen molar-refractivity contribution in [1.29, 1.82) is 0 Å². The van der Waals surface area contributed by atoms with Gasteiger partial charge in [0.2, 0.25) is 0 Å². The number of aryl methyl sites for hydroxylation is 1. The molecule has 2 aromatic rings. The number of ether oxygens (including phenoxy) is 1. The van der Waals surface area contributed by atoms with Crippen LogP contribution in [0.2, 0.25) is 0 Å². The topological polar surface area (TPSA) is 38.5 Å². The number of nitrogen functional groups attached to an aromatic ring is 1. The summed E-state index contributed by atoms with van der Waals surface area (Å²) in [6.45, 7) is 0.994. The van der Waals surface area contributed by atoms with Crippen LogP contribution in [0.15, 0.2) is 42.5 Å². The second-order valence-electron chi connectivity index (χ2n) is 5.16. The molecule has 104 valence electrons. The van der Waals surface area contributed by atoms with E-state index in [-0.39, 0.29) is 0 Å². The first-order chi connectivity index (χ1) is 9.79. The molecule has 0 saturated heterocycles. The van der Waals surface area contributed by atoms with Gasteiger partial charge in [-0.25, -0.2) is 0 Å². The number of rotatable bonds is 2. The summed E-state index contributed by atoms with van der Waals surface area (Å²) in [7, 11) is 1.69. The van der Waals surface area contributed by atoms with E-state index >= 15 is 0 Å². The van der Waals surface area contributed by atoms with Gasteiger partial charge in [-0.05, 0) is 43.0 Å². The zero-order chi connectivity index (χ0) is 13.9. The number of nitrogens with two attached hydrogens (primary N) is 1. The summed E-state index contributed by atoms with van der Waals surface area (Å²) in [5.41, 5.74) is 10.7. The molecule has 3 heteroatoms. The Morgan fingerprint density at radius 3 is 2.75 bits per heavy atom. The predicted octanol–water partition coefficient (Wildman–Crippen LogP) is 3.75. The number of nitrogens with zero attached hydrogens (tertiary/aromatic N) is 1. The molecule has 0 bridgehead atoms. The normalized spacial score (nSPS) is 14.6. The molecule has 1 aliphatic rings. The number of fused-ring (bicyclic) bond motifs is 1. The van der Waals surface area contributed by atoms with Crippen molar-refractivity contribution in [1.82, 2.24) is 0 Å². The zero-order valence-electron chi connectivity index (χ0n) is 11.8. The highest BCUT2D eigenvalue weighted by Gasteiger charge is 2.18. The smallest absolute Gasteiger partial charge is 0.121 e. The highest BCUT2D eigenvalue weighted by Crippen LogP contribution is 2.37. The Bertz CT molecular complexity index is 610. The van der Waals surface area contributed by atoms with Crippen molar-refractivity contribution in [3.05, 3.63) is 48.0 Å². The van der Waals surface area contributed by atoms with Crippen LogP contribution in [0.4, 0.5) is 17.1 Å². The third-order valence-electron chi connectivity index (χ3n) is 3.89. The summed E-state index contributed by atoms with van der Waals surface area (Å²) in [5.74, 6) is 0.843. The van der Waals surface area contributed by atoms with Gasteiger partial charge in [0.05, 0.1) is 18.5 Å². The summed E-state index contributed by atoms with van der Waals surface area (Å²) in [6, 6.07) is 14.4. The highest BCUT2D eigenvalue weighted by atomic mass is 16.5. The zero-order valence-corrected chi connectivity index (χ0v) is 11.8. The molecule has 0 saturated carbocycles. The van der Waals surface area contributed by atoms with Crippen LogP contribution < -0.4 is 15.4 Å². The molecule has 0 atom stereocenters. The Morgan fingerprint density at radius 1 is 1.05 bits per heavy atom. The van der Waals surface area contributed by atoms with Crippen LogP contribution in [0.3, 0.4) is 0 Å². The maximum atomic E-state index is 6.19. The van der Waals surface area contributed by atoms with Crippen molar-refractivity contribution in [3.8, 4) is 5.75 Å². The van der Waals surface area contributed by atoms with Gasteiger partial charge >= 0.3 is 0 Å². The fourth-order valence-corrected chi connectivity index (χ4v) is 2.83. The van der Waals surface area contributed by atoms with E-state index in [4.69, 9.17) is 10.5 Å². The van der Waals surface area contributed by atoms with E-state index in [1.165, 1.54) is 24.1 Å². The van der Waals surface area contributed by atoms with Crippen molar-refractivity contribution in [2.24, 2.45) is 0 Å². The van der Waals surface area contributed by atoms with Gasteiger partial charge in [-0.15, -0.1) is 0 Å². The molecular weight excluding hydrogens is 248 g/mol. The molecule has 20 heavy (non-hydrogen) atoms. The summed E-state index contributed by atoms with van der Waals surface area (Å²) in [6.07, 6.45) is 3.53. The Kier molecular flexibility index (Phi) is 3.50. The molecule has 0 fully saturated rings. The van der Waals surface area contributed by atoms with Crippen LogP contribution in [-0.2, 0) is 6.42 Å². The van der Waals surface area contributed by atoms with Crippen molar-refractivity contribution < 1.29 is 4.74 Å². The molecule has 1 heterocycles. The lowest BCUT2D eigenvalue weighted by molar-refractivity contribution is 0.415. The summed E-state index contributed by atoms with van der Waals surface area (Å²) in [4.78, 5) is 2.32. The third kappa shape index (κ3) is 2.31. The maximum Gasteiger partial charge on any atom is 0.121 e. The van der Waals surface area contributed by atoms with Crippen LogP contribution in [0.5, 0.6) is 5.75 Å². The Labute approximate surface area is 120 Å². The van der Waals surface area contributed by atoms with Crippen molar-refractivity contribution in [2.75, 3.05) is 24.3 Å². The molecular formula is C17H20N2O. The van der Waals surface area contributed by atoms with Gasteiger partial charge in [0, 0.05) is 18.3 Å². The Balaban J connectivity index is 2.09. The second kappa shape index (κ2) is 5.45. The average Bonchev–Trinajstić information content (AvgIpc) is 2.70. The van der Waals surface area contributed by atoms with E-state index in [1.54, 1.807) is 7.11 Å². The molecule has 3 nitrogen and oxygen atoms in total. The lowest BCUT2D eigenvalue weighted by atomic mass is 10.1. The van der Waals surface area contributed by atoms with Crippen molar-refractivity contribution in [3.63, 3.8) is 0 Å². The van der Waals surface area contributed by atoms with E-state index in [2.05, 4.69) is 29.2 Å². The fraction of sp³-hybridized carbons (Fsp3) is 0.294. The third-order valence-corrected chi connectivity index (χ3v) is 3.89. The first kappa shape index (κ1) is 12.9. The molecule has 2 N–H and O–H groups in total. The Morgan fingerprint density at radius 2 is 1.90 bits per heavy atom. The van der Waals surface area contributed by atoms with Gasteiger partial charge in [0.15, 0.2) is 0 Å². The maximum absolute atomic E-state index is 6.19. The van der Waals surface area contributed by atoms with E-state index in [0.29, 0.717) is 0 Å². The molecule has 0 unspecified atom stereocenters. The van der Waals surface area contributed by atoms with E-state index in [1.807, 2.05) is 18.2 Å². The molecule has 0 amide bonds. The molecule has 1 aliphatic heterocycles. The molecule has 3 rings (SSSR count). The van der Waals surface area contributed by atoms with Crippen molar-refractivity contribution >= 4 is 17.1 Å². The summed E-state index contributed by atoms with van der Waals surface area (Å²) in [5, 5.41) is 0. The second-order valence-corrected chi connectivity index (χ2v) is 5.16. The first-order valence-corrected chi connectivity index (χ1v) is 7.08. The van der Waals surface area contributed by atoms with Crippen LogP contribution in [0.25, 0.3) is 0 Å². The summed E-state index contributed by atoms with van der Waals surface area (Å²) >= 11 is 0. The molecule has 0 aliphatic carbocycles. The van der Waals surface area contributed by atoms with Gasteiger partial charge in [0.1, 0.15) is 5.75 Å². The van der Waals surface area contributed by atoms with E-state index in [0.717, 1.165) is 30.1 Å². The fourth-order valence-electron chi connectivity index (χ4n) is 2.83. The van der Waals surface area contributed by atoms with Gasteiger partial charge in [-0.3, -0.25) is 0 Å². The predicted molar refractivity (Wildman–Crippen MR) is 83.8 cm³/mol. The molecule has 2 aromatic carbocycles. The lowest BCUT2D eigenvalue weighted by Gasteiger charge is -2.26. The van der Waals surface area contributed by atoms with Crippen LogP contribution >= 0.6 is 0 Å². The number of methoxy groups -OCH3 is 1. The van der Waals surface area contributed by atoms with E-state index in [9.17, 15) is 0 Å². The largest absolute Gasteiger partial charge is 0.497 e. The standard InChI is InChI=1S/C17H20N2O/c1-20-14-9-10-15(18)17(12-14)19-11-5-4-7-13-6-2-3-8-16(13)19/h2-3,6,8-10,12H,4-5,7,11,18H2,1H3. The van der Waals surface area contributed by atoms with Gasteiger partial charge < -0.3 is 15.4 Å². The summed E-state index contributed by atoms with van der Waals surface area (Å²) < 4.78 is 5.34. The number of hydrogen-bond donors (Lipinski definition) is 1. The SMILES string of the molecule is COc1ccc(N)c(N2CCCCc3ccccc32)c1. The van der Waals surface area contributed by atoms with Gasteiger partial charge in [-0.1, -0.05) is 18.2 Å². The Hall–Kier alpha value is -2.16. The van der Waals surface area contributed by atoms with Gasteiger partial charge in [0.25, 0.3) is 0 Å². The van der Waals surface area contributed by atoms with E-state index < -0.39 is 0 Å². The highest BCUT2D eigenvalue weighted by molar-refractivity contribution is 5.77. The number of anilines is 3. The minimum atomic E-state index is 0.794. The van der Waals surface area contributed by atoms with Crippen LogP contribution in [0.1, 0.15) is 18.4 Å². The monoisotopic (exact) mass is 268 g/mol. The number of hydrogen-bond acceptors (Lipinski definition) is 3. The molecule has 0 radical (unpaired) electrons. The quantitative estimate of drug-likeness (QED) is 0.843. The van der Waals surface area contributed by atoms with Crippen molar-refractivity contribution in [2.45, 2.75) is 19.3 Å². The van der Waals surface area contributed by atoms with Crippen LogP contribution in [0, 0.1) is 0 Å². The molecule has 0 spiro atoms. The minimum absolute atomic E-state index is 0.794. The average molecular weight is 268 g/mol. The lowest BCUT2D eigenvalue weighted by Crippen LogP contribution is -2.19. The number of benzene rings is 2. The number of para-hydroxylation sites is 1. The molecule has 0 aromatic heterocycles. The van der Waals surface area contributed by atoms with Gasteiger partial charge in [-0.2, -0.15) is 0 Å². The van der Waals surface area contributed by atoms with Crippen LogP contribution in [-0.4, -0.2) is 13.7 Å².